The number of hydrogen-bond acceptors (Lipinski definition) is 7. The predicted octanol–water partition coefficient (Wildman–Crippen LogP) is 1.44. The van der Waals surface area contributed by atoms with Gasteiger partial charge in [0.2, 0.25) is 0 Å². The van der Waals surface area contributed by atoms with Crippen LogP contribution in [0.5, 0.6) is 11.5 Å². The highest BCUT2D eigenvalue weighted by molar-refractivity contribution is 7.91. The van der Waals surface area contributed by atoms with Crippen molar-refractivity contribution in [1.29, 1.82) is 0 Å². The maximum Gasteiger partial charge on any atom is 0.331 e. The van der Waals surface area contributed by atoms with E-state index in [-0.39, 0.29) is 17.5 Å². The normalized spacial score (nSPS) is 21.0. The molecule has 1 aromatic carbocycles. The molecule has 1 saturated heterocycles. The standard InChI is InChI=1S/C20H25NO7S/c1-3-21(16-8-11-29(24,25)13-16)20(23)14(2)28-19(22)7-5-15-4-6-17-18(12-15)27-10-9-26-17/h4-7,12,14,16H,3,8-11,13H2,1-2H3/b7-5+/t14-,16+/m1/s1. The lowest BCUT2D eigenvalue weighted by molar-refractivity contribution is -0.156. The molecule has 8 nitrogen and oxygen atoms in total. The van der Waals surface area contributed by atoms with Crippen molar-refractivity contribution in [3.05, 3.63) is 29.8 Å². The Morgan fingerprint density at radius 1 is 1.28 bits per heavy atom. The van der Waals surface area contributed by atoms with Crippen molar-refractivity contribution in [1.82, 2.24) is 4.90 Å². The van der Waals surface area contributed by atoms with E-state index in [9.17, 15) is 18.0 Å². The fourth-order valence-corrected chi connectivity index (χ4v) is 5.17. The Hall–Kier alpha value is -2.55. The molecule has 0 aromatic heterocycles. The lowest BCUT2D eigenvalue weighted by Crippen LogP contribution is -2.46. The van der Waals surface area contributed by atoms with Gasteiger partial charge in [0.15, 0.2) is 27.4 Å². The second-order valence-electron chi connectivity index (χ2n) is 7.00. The van der Waals surface area contributed by atoms with Crippen LogP contribution < -0.4 is 9.47 Å². The number of fused-ring (bicyclic) bond motifs is 1. The summed E-state index contributed by atoms with van der Waals surface area (Å²) < 4.78 is 39.6. The Labute approximate surface area is 170 Å². The van der Waals surface area contributed by atoms with Gasteiger partial charge in [-0.25, -0.2) is 13.2 Å². The summed E-state index contributed by atoms with van der Waals surface area (Å²) in [5.41, 5.74) is 0.733. The Morgan fingerprint density at radius 3 is 2.66 bits per heavy atom. The van der Waals surface area contributed by atoms with E-state index in [1.165, 1.54) is 17.9 Å². The molecule has 0 aliphatic carbocycles. The van der Waals surface area contributed by atoms with E-state index in [1.807, 2.05) is 0 Å². The highest BCUT2D eigenvalue weighted by Crippen LogP contribution is 2.31. The van der Waals surface area contributed by atoms with E-state index in [0.717, 1.165) is 5.56 Å². The summed E-state index contributed by atoms with van der Waals surface area (Å²) in [6.45, 7) is 4.59. The second-order valence-corrected chi connectivity index (χ2v) is 9.23. The van der Waals surface area contributed by atoms with Crippen molar-refractivity contribution < 1.29 is 32.2 Å². The average molecular weight is 423 g/mol. The van der Waals surface area contributed by atoms with Crippen LogP contribution in [0.15, 0.2) is 24.3 Å². The van der Waals surface area contributed by atoms with E-state index in [2.05, 4.69) is 0 Å². The van der Waals surface area contributed by atoms with Gasteiger partial charge < -0.3 is 19.1 Å². The fourth-order valence-electron chi connectivity index (χ4n) is 3.44. The summed E-state index contributed by atoms with van der Waals surface area (Å²) in [7, 11) is -3.11. The summed E-state index contributed by atoms with van der Waals surface area (Å²) in [6, 6.07) is 4.93. The SMILES string of the molecule is CCN(C(=O)[C@@H](C)OC(=O)/C=C/c1ccc2c(c1)OCCO2)[C@H]1CCS(=O)(=O)C1. The van der Waals surface area contributed by atoms with Crippen LogP contribution in [0, 0.1) is 0 Å². The van der Waals surface area contributed by atoms with Gasteiger partial charge in [0.1, 0.15) is 13.2 Å². The van der Waals surface area contributed by atoms with Crippen molar-refractivity contribution in [2.75, 3.05) is 31.3 Å². The lowest BCUT2D eigenvalue weighted by Gasteiger charge is -2.29. The molecule has 0 bridgehead atoms. The summed E-state index contributed by atoms with van der Waals surface area (Å²) >= 11 is 0. The Balaban J connectivity index is 1.58. The third-order valence-corrected chi connectivity index (χ3v) is 6.64. The van der Waals surface area contributed by atoms with Gasteiger partial charge in [0.25, 0.3) is 5.91 Å². The number of hydrogen-bond donors (Lipinski definition) is 0. The smallest absolute Gasteiger partial charge is 0.331 e. The number of sulfone groups is 1. The molecule has 0 unspecified atom stereocenters. The first-order valence-corrected chi connectivity index (χ1v) is 11.4. The third-order valence-electron chi connectivity index (χ3n) is 4.89. The summed E-state index contributed by atoms with van der Waals surface area (Å²) in [4.78, 5) is 26.2. The van der Waals surface area contributed by atoms with Crippen LogP contribution in [-0.4, -0.2) is 68.6 Å². The number of carbonyl (C=O) groups excluding carboxylic acids is 2. The quantitative estimate of drug-likeness (QED) is 0.504. The van der Waals surface area contributed by atoms with Crippen molar-refractivity contribution in [3.63, 3.8) is 0 Å². The number of nitrogens with zero attached hydrogens (tertiary/aromatic N) is 1. The zero-order chi connectivity index (χ0) is 21.0. The highest BCUT2D eigenvalue weighted by Gasteiger charge is 2.36. The number of ether oxygens (including phenoxy) is 3. The Morgan fingerprint density at radius 2 is 2.00 bits per heavy atom. The van der Waals surface area contributed by atoms with Crippen molar-refractivity contribution in [2.45, 2.75) is 32.4 Å². The predicted molar refractivity (Wildman–Crippen MR) is 106 cm³/mol. The van der Waals surface area contributed by atoms with Crippen molar-refractivity contribution >= 4 is 27.8 Å². The largest absolute Gasteiger partial charge is 0.486 e. The molecular formula is C20H25NO7S. The number of rotatable bonds is 6. The monoisotopic (exact) mass is 423 g/mol. The van der Waals surface area contributed by atoms with Crippen LogP contribution >= 0.6 is 0 Å². The third kappa shape index (κ3) is 5.29. The van der Waals surface area contributed by atoms with Gasteiger partial charge in [0, 0.05) is 18.7 Å². The van der Waals surface area contributed by atoms with Crippen LogP contribution in [0.25, 0.3) is 6.08 Å². The molecule has 0 saturated carbocycles. The average Bonchev–Trinajstić information content (AvgIpc) is 3.06. The van der Waals surface area contributed by atoms with Crippen molar-refractivity contribution in [3.8, 4) is 11.5 Å². The molecule has 0 N–H and O–H groups in total. The number of likely N-dealkylation sites (N-methyl/N-ethyl adjacent to an activating group) is 1. The molecule has 2 aliphatic rings. The molecule has 29 heavy (non-hydrogen) atoms. The van der Waals surface area contributed by atoms with E-state index < -0.39 is 27.8 Å². The van der Waals surface area contributed by atoms with Crippen LogP contribution in [0.4, 0.5) is 0 Å². The molecule has 2 aliphatic heterocycles. The van der Waals surface area contributed by atoms with E-state index >= 15 is 0 Å². The molecule has 1 aromatic rings. The van der Waals surface area contributed by atoms with Crippen LogP contribution in [0.1, 0.15) is 25.8 Å². The van der Waals surface area contributed by atoms with Gasteiger partial charge in [-0.15, -0.1) is 0 Å². The topological polar surface area (TPSA) is 99.2 Å². The number of benzene rings is 1. The van der Waals surface area contributed by atoms with Crippen LogP contribution in [0.2, 0.25) is 0 Å². The van der Waals surface area contributed by atoms with E-state index in [0.29, 0.717) is 37.7 Å². The van der Waals surface area contributed by atoms with Crippen LogP contribution in [0.3, 0.4) is 0 Å². The first kappa shape index (κ1) is 21.2. The van der Waals surface area contributed by atoms with E-state index in [1.54, 1.807) is 31.2 Å². The fraction of sp³-hybridized carbons (Fsp3) is 0.500. The molecular weight excluding hydrogens is 398 g/mol. The number of amides is 1. The molecule has 2 atom stereocenters. The summed E-state index contributed by atoms with van der Waals surface area (Å²) in [5.74, 6) is 0.251. The molecule has 1 fully saturated rings. The van der Waals surface area contributed by atoms with Gasteiger partial charge in [-0.05, 0) is 44.0 Å². The first-order valence-electron chi connectivity index (χ1n) is 9.58. The second kappa shape index (κ2) is 8.86. The van der Waals surface area contributed by atoms with Gasteiger partial charge in [-0.3, -0.25) is 4.79 Å². The van der Waals surface area contributed by atoms with Crippen molar-refractivity contribution in [2.24, 2.45) is 0 Å². The first-order chi connectivity index (χ1) is 13.8. The molecule has 3 rings (SSSR count). The van der Waals surface area contributed by atoms with Gasteiger partial charge in [-0.2, -0.15) is 0 Å². The molecule has 2 heterocycles. The Kier molecular flexibility index (Phi) is 6.46. The zero-order valence-electron chi connectivity index (χ0n) is 16.5. The minimum atomic E-state index is -3.11. The molecule has 1 amide bonds. The maximum atomic E-state index is 12.6. The van der Waals surface area contributed by atoms with Gasteiger partial charge >= 0.3 is 5.97 Å². The minimum absolute atomic E-state index is 0.0444. The van der Waals surface area contributed by atoms with E-state index in [4.69, 9.17) is 14.2 Å². The number of esters is 1. The zero-order valence-corrected chi connectivity index (χ0v) is 17.3. The summed E-state index contributed by atoms with van der Waals surface area (Å²) in [6.07, 6.45) is 2.22. The highest BCUT2D eigenvalue weighted by atomic mass is 32.2. The Bertz CT molecular complexity index is 909. The van der Waals surface area contributed by atoms with Gasteiger partial charge in [0.05, 0.1) is 11.5 Å². The molecule has 9 heteroatoms. The van der Waals surface area contributed by atoms with Gasteiger partial charge in [-0.1, -0.05) is 6.07 Å². The maximum absolute atomic E-state index is 12.6. The lowest BCUT2D eigenvalue weighted by atomic mass is 10.2. The summed E-state index contributed by atoms with van der Waals surface area (Å²) in [5, 5.41) is 0. The molecule has 0 radical (unpaired) electrons. The molecule has 158 valence electrons. The minimum Gasteiger partial charge on any atom is -0.486 e. The molecule has 0 spiro atoms. The number of carbonyl (C=O) groups is 2. The van der Waals surface area contributed by atoms with Crippen LogP contribution in [-0.2, 0) is 24.2 Å².